The zero-order valence-electron chi connectivity index (χ0n) is 16.8. The number of aromatic hydroxyl groups is 1. The second-order valence-electron chi connectivity index (χ2n) is 7.39. The molecule has 0 bridgehead atoms. The fraction of sp³-hybridized carbons (Fsp3) is 0.294. The Morgan fingerprint density at radius 2 is 1.71 bits per heavy atom. The number of nitrogens with zero attached hydrogens (tertiary/aromatic N) is 3. The first kappa shape index (κ1) is 24.0. The fourth-order valence-corrected chi connectivity index (χ4v) is 6.25. The Kier molecular flexibility index (Phi) is 6.71. The van der Waals surface area contributed by atoms with Crippen molar-refractivity contribution in [3.8, 4) is 5.75 Å². The first-order valence-corrected chi connectivity index (χ1v) is 12.8. The number of thiophene rings is 1. The lowest BCUT2D eigenvalue weighted by atomic mass is 10.1. The van der Waals surface area contributed by atoms with E-state index in [9.17, 15) is 17.7 Å². The number of hydrogen-bond acceptors (Lipinski definition) is 7. The van der Waals surface area contributed by atoms with Gasteiger partial charge in [0.1, 0.15) is 0 Å². The van der Waals surface area contributed by atoms with Gasteiger partial charge in [-0.25, -0.2) is 12.6 Å². The third-order valence-electron chi connectivity index (χ3n) is 4.29. The van der Waals surface area contributed by atoms with Crippen LogP contribution in [0.15, 0.2) is 36.6 Å². The average Bonchev–Trinajstić information content (AvgIpc) is 3.20. The average molecular weight is 524 g/mol. The lowest BCUT2D eigenvalue weighted by Crippen LogP contribution is -2.42. The maximum absolute atomic E-state index is 12.9. The van der Waals surface area contributed by atoms with Gasteiger partial charge in [-0.15, -0.1) is 20.1 Å². The van der Waals surface area contributed by atoms with E-state index in [1.54, 1.807) is 39.0 Å². The minimum absolute atomic E-state index is 0.0376. The molecule has 1 aliphatic heterocycles. The van der Waals surface area contributed by atoms with E-state index in [4.69, 9.17) is 23.2 Å². The maximum atomic E-state index is 12.9. The highest BCUT2D eigenvalue weighted by Gasteiger charge is 2.35. The summed E-state index contributed by atoms with van der Waals surface area (Å²) < 4.78 is 46.3. The number of rotatable bonds is 4. The Hall–Kier alpha value is -1.70. The molecule has 1 aromatic heterocycles. The van der Waals surface area contributed by atoms with E-state index >= 15 is 0 Å². The Morgan fingerprint density at radius 3 is 2.29 bits per heavy atom. The second-order valence-corrected chi connectivity index (χ2v) is 12.0. The van der Waals surface area contributed by atoms with Crippen molar-refractivity contribution in [2.45, 2.75) is 30.5 Å². The fourth-order valence-electron chi connectivity index (χ4n) is 2.37. The highest BCUT2D eigenvalue weighted by Crippen LogP contribution is 2.40. The van der Waals surface area contributed by atoms with Gasteiger partial charge in [-0.05, 0) is 32.9 Å². The largest absolute Gasteiger partial charge is 0.504 e. The molecule has 0 saturated carbocycles. The van der Waals surface area contributed by atoms with Gasteiger partial charge in [0.2, 0.25) is 0 Å². The standard InChI is InChI=1S/C17H19Cl2N5O4S3/c1-17(2,3)24(4)31(27,28)16-13(25)11(8-29-16)21-15-14(22-30(26)23-15)20-10-7-5-6-9(18)12(10)19/h5-8,25H,1-4H3,(H,20,22)(H,21,23). The van der Waals surface area contributed by atoms with Gasteiger partial charge in [0.05, 0.1) is 21.4 Å². The summed E-state index contributed by atoms with van der Waals surface area (Å²) in [6.45, 7) is 5.23. The number of benzene rings is 1. The van der Waals surface area contributed by atoms with Gasteiger partial charge in [0.25, 0.3) is 21.2 Å². The Morgan fingerprint density at radius 1 is 1.13 bits per heavy atom. The van der Waals surface area contributed by atoms with E-state index < -0.39 is 32.5 Å². The lowest BCUT2D eigenvalue weighted by Gasteiger charge is -2.30. The minimum Gasteiger partial charge on any atom is -0.504 e. The molecule has 1 atom stereocenters. The molecule has 3 N–H and O–H groups in total. The summed E-state index contributed by atoms with van der Waals surface area (Å²) in [4.78, 5) is 0. The summed E-state index contributed by atoms with van der Waals surface area (Å²) in [5, 5.41) is 18.2. The summed E-state index contributed by atoms with van der Waals surface area (Å²) in [5.41, 5.74) is -0.198. The highest BCUT2D eigenvalue weighted by molar-refractivity contribution is 7.91. The Labute approximate surface area is 196 Å². The van der Waals surface area contributed by atoms with Crippen LogP contribution >= 0.6 is 34.5 Å². The third-order valence-corrected chi connectivity index (χ3v) is 9.40. The monoisotopic (exact) mass is 523 g/mol. The van der Waals surface area contributed by atoms with Crippen molar-refractivity contribution in [1.82, 2.24) is 4.31 Å². The molecule has 168 valence electrons. The van der Waals surface area contributed by atoms with Crippen molar-refractivity contribution < 1.29 is 17.7 Å². The molecule has 0 saturated heterocycles. The van der Waals surface area contributed by atoms with Gasteiger partial charge in [0, 0.05) is 18.0 Å². The zero-order chi connectivity index (χ0) is 23.1. The van der Waals surface area contributed by atoms with E-state index in [0.29, 0.717) is 10.7 Å². The Balaban J connectivity index is 1.88. The molecule has 31 heavy (non-hydrogen) atoms. The molecule has 14 heteroatoms. The van der Waals surface area contributed by atoms with Crippen LogP contribution in [0.5, 0.6) is 5.75 Å². The lowest BCUT2D eigenvalue weighted by molar-refractivity contribution is 0.291. The number of halogens is 2. The van der Waals surface area contributed by atoms with Crippen LogP contribution in [0.25, 0.3) is 0 Å². The highest BCUT2D eigenvalue weighted by atomic mass is 35.5. The van der Waals surface area contributed by atoms with Crippen LogP contribution in [0.4, 0.5) is 11.4 Å². The molecule has 0 fully saturated rings. The SMILES string of the molecule is CN(C(C)(C)C)S(=O)(=O)c1scc(NC2=NS(=O)N=C2Nc2cccc(Cl)c2Cl)c1O. The van der Waals surface area contributed by atoms with E-state index in [-0.39, 0.29) is 26.6 Å². The summed E-state index contributed by atoms with van der Waals surface area (Å²) >= 11 is 11.1. The molecule has 0 amide bonds. The molecule has 1 unspecified atom stereocenters. The normalized spacial score (nSPS) is 16.9. The van der Waals surface area contributed by atoms with Crippen LogP contribution in [0.3, 0.4) is 0 Å². The van der Waals surface area contributed by atoms with Gasteiger partial charge in [-0.1, -0.05) is 29.3 Å². The van der Waals surface area contributed by atoms with Crippen molar-refractivity contribution in [3.05, 3.63) is 33.6 Å². The predicted octanol–water partition coefficient (Wildman–Crippen LogP) is 4.09. The number of nitrogens with one attached hydrogen (secondary N) is 2. The number of amidine groups is 2. The van der Waals surface area contributed by atoms with Crippen molar-refractivity contribution >= 4 is 78.8 Å². The van der Waals surface area contributed by atoms with Gasteiger partial charge in [-0.2, -0.15) is 4.31 Å². The Bertz CT molecular complexity index is 1220. The van der Waals surface area contributed by atoms with Crippen LogP contribution in [0.2, 0.25) is 10.0 Å². The first-order chi connectivity index (χ1) is 14.3. The van der Waals surface area contributed by atoms with Gasteiger partial charge in [0.15, 0.2) is 21.6 Å². The number of hydrogen-bond donors (Lipinski definition) is 3. The van der Waals surface area contributed by atoms with E-state index in [2.05, 4.69) is 19.4 Å². The molecule has 0 radical (unpaired) electrons. The molecular formula is C17H19Cl2N5O4S3. The number of anilines is 2. The summed E-state index contributed by atoms with van der Waals surface area (Å²) in [6.07, 6.45) is 0. The number of sulfonamides is 1. The van der Waals surface area contributed by atoms with Crippen LogP contribution < -0.4 is 10.6 Å². The molecule has 3 rings (SSSR count). The topological polar surface area (TPSA) is 123 Å². The van der Waals surface area contributed by atoms with Crippen LogP contribution in [0.1, 0.15) is 20.8 Å². The molecule has 2 aromatic rings. The maximum Gasteiger partial charge on any atom is 0.269 e. The predicted molar refractivity (Wildman–Crippen MR) is 127 cm³/mol. The quantitative estimate of drug-likeness (QED) is 0.554. The molecular weight excluding hydrogens is 505 g/mol. The molecule has 1 aliphatic rings. The van der Waals surface area contributed by atoms with Crippen LogP contribution in [0, 0.1) is 0 Å². The van der Waals surface area contributed by atoms with Crippen molar-refractivity contribution in [3.63, 3.8) is 0 Å². The molecule has 2 heterocycles. The first-order valence-electron chi connectivity index (χ1n) is 8.69. The van der Waals surface area contributed by atoms with Crippen LogP contribution in [-0.2, 0) is 21.2 Å². The minimum atomic E-state index is -3.94. The second kappa shape index (κ2) is 8.68. The smallest absolute Gasteiger partial charge is 0.269 e. The van der Waals surface area contributed by atoms with Gasteiger partial charge < -0.3 is 15.7 Å². The van der Waals surface area contributed by atoms with E-state index in [1.165, 1.54) is 16.7 Å². The zero-order valence-corrected chi connectivity index (χ0v) is 20.8. The van der Waals surface area contributed by atoms with Crippen LogP contribution in [-0.4, -0.2) is 46.3 Å². The van der Waals surface area contributed by atoms with Crippen molar-refractivity contribution in [1.29, 1.82) is 0 Å². The van der Waals surface area contributed by atoms with Gasteiger partial charge >= 0.3 is 0 Å². The molecule has 0 aliphatic carbocycles. The molecule has 9 nitrogen and oxygen atoms in total. The van der Waals surface area contributed by atoms with Crippen molar-refractivity contribution in [2.24, 2.45) is 8.80 Å². The van der Waals surface area contributed by atoms with Gasteiger partial charge in [-0.3, -0.25) is 0 Å². The molecule has 0 spiro atoms. The van der Waals surface area contributed by atoms with E-state index in [0.717, 1.165) is 11.3 Å². The van der Waals surface area contributed by atoms with Crippen molar-refractivity contribution in [2.75, 3.05) is 17.7 Å². The summed E-state index contributed by atoms with van der Waals surface area (Å²) in [7, 11) is -2.50. The summed E-state index contributed by atoms with van der Waals surface area (Å²) in [5.74, 6) is -0.346. The van der Waals surface area contributed by atoms with E-state index in [1.807, 2.05) is 0 Å². The third kappa shape index (κ3) is 4.89. The molecule has 1 aromatic carbocycles. The summed E-state index contributed by atoms with van der Waals surface area (Å²) in [6, 6.07) is 4.92.